The summed E-state index contributed by atoms with van der Waals surface area (Å²) in [6, 6.07) is 3.92. The molecule has 2 fully saturated rings. The molecule has 3 rings (SSSR count). The first-order valence-electron chi connectivity index (χ1n) is 8.56. The van der Waals surface area contributed by atoms with E-state index in [1.807, 2.05) is 19.1 Å². The number of nitrogens with zero attached hydrogens (tertiary/aromatic N) is 1. The van der Waals surface area contributed by atoms with Gasteiger partial charge in [-0.15, -0.1) is 0 Å². The van der Waals surface area contributed by atoms with Crippen LogP contribution in [0.15, 0.2) is 16.5 Å². The minimum atomic E-state index is -0.147. The van der Waals surface area contributed by atoms with Gasteiger partial charge in [0.1, 0.15) is 11.5 Å². The normalized spacial score (nSPS) is 23.5. The number of piperidine rings is 1. The molecule has 2 N–H and O–H groups in total. The summed E-state index contributed by atoms with van der Waals surface area (Å²) >= 11 is 0. The van der Waals surface area contributed by atoms with Crippen molar-refractivity contribution in [3.05, 3.63) is 23.7 Å². The maximum absolute atomic E-state index is 12.4. The minimum Gasteiger partial charge on any atom is -0.465 e. The second-order valence-electron chi connectivity index (χ2n) is 6.40. The molecule has 0 saturated carbocycles. The molecule has 132 valence electrons. The average Bonchev–Trinajstić information content (AvgIpc) is 3.02. The molecule has 3 heterocycles. The van der Waals surface area contributed by atoms with Gasteiger partial charge in [0, 0.05) is 32.6 Å². The number of hydrogen-bond acceptors (Lipinski definition) is 5. The maximum Gasteiger partial charge on any atom is 0.224 e. The van der Waals surface area contributed by atoms with E-state index in [9.17, 15) is 9.59 Å². The van der Waals surface area contributed by atoms with Gasteiger partial charge in [0.2, 0.25) is 11.8 Å². The Morgan fingerprint density at radius 1 is 1.42 bits per heavy atom. The third-order valence-corrected chi connectivity index (χ3v) is 4.68. The fourth-order valence-corrected chi connectivity index (χ4v) is 3.23. The second kappa shape index (κ2) is 7.81. The number of morpholine rings is 1. The molecule has 2 amide bonds. The highest BCUT2D eigenvalue weighted by Gasteiger charge is 2.28. The lowest BCUT2D eigenvalue weighted by Crippen LogP contribution is -2.47. The van der Waals surface area contributed by atoms with E-state index in [2.05, 4.69) is 15.5 Å². The molecular weight excluding hydrogens is 310 g/mol. The molecule has 1 aromatic rings. The Labute approximate surface area is 141 Å². The largest absolute Gasteiger partial charge is 0.465 e. The first kappa shape index (κ1) is 17.0. The fraction of sp³-hybridized carbons (Fsp3) is 0.647. The maximum atomic E-state index is 12.4. The van der Waals surface area contributed by atoms with Crippen molar-refractivity contribution in [3.63, 3.8) is 0 Å². The molecule has 0 aliphatic carbocycles. The van der Waals surface area contributed by atoms with Gasteiger partial charge in [0.15, 0.2) is 0 Å². The average molecular weight is 335 g/mol. The van der Waals surface area contributed by atoms with Crippen molar-refractivity contribution in [2.75, 3.05) is 39.4 Å². The van der Waals surface area contributed by atoms with Crippen LogP contribution >= 0.6 is 0 Å². The van der Waals surface area contributed by atoms with Gasteiger partial charge in [-0.1, -0.05) is 0 Å². The SMILES string of the molecule is Cc1ccc(C(CNC(=O)C2CCC(=O)NC2)N2CCOCC2)o1. The van der Waals surface area contributed by atoms with Gasteiger partial charge >= 0.3 is 0 Å². The molecule has 7 heteroatoms. The molecule has 2 atom stereocenters. The number of hydrogen-bond donors (Lipinski definition) is 2. The molecule has 7 nitrogen and oxygen atoms in total. The van der Waals surface area contributed by atoms with Crippen LogP contribution in [0.3, 0.4) is 0 Å². The van der Waals surface area contributed by atoms with Crippen molar-refractivity contribution in [3.8, 4) is 0 Å². The van der Waals surface area contributed by atoms with Gasteiger partial charge in [0.05, 0.1) is 25.2 Å². The van der Waals surface area contributed by atoms with Crippen molar-refractivity contribution in [2.45, 2.75) is 25.8 Å². The summed E-state index contributed by atoms with van der Waals surface area (Å²) < 4.78 is 11.2. The highest BCUT2D eigenvalue weighted by Crippen LogP contribution is 2.23. The van der Waals surface area contributed by atoms with E-state index < -0.39 is 0 Å². The van der Waals surface area contributed by atoms with Gasteiger partial charge < -0.3 is 19.8 Å². The topological polar surface area (TPSA) is 83.8 Å². The lowest BCUT2D eigenvalue weighted by Gasteiger charge is -2.33. The molecule has 0 aromatic carbocycles. The monoisotopic (exact) mass is 335 g/mol. The van der Waals surface area contributed by atoms with Gasteiger partial charge in [-0.2, -0.15) is 0 Å². The lowest BCUT2D eigenvalue weighted by atomic mass is 9.98. The number of rotatable bonds is 5. The van der Waals surface area contributed by atoms with Crippen LogP contribution in [0.4, 0.5) is 0 Å². The Hall–Kier alpha value is -1.86. The van der Waals surface area contributed by atoms with E-state index in [-0.39, 0.29) is 23.8 Å². The van der Waals surface area contributed by atoms with E-state index >= 15 is 0 Å². The van der Waals surface area contributed by atoms with Crippen molar-refractivity contribution in [1.29, 1.82) is 0 Å². The summed E-state index contributed by atoms with van der Waals surface area (Å²) in [5.41, 5.74) is 0. The fourth-order valence-electron chi connectivity index (χ4n) is 3.23. The van der Waals surface area contributed by atoms with Crippen molar-refractivity contribution >= 4 is 11.8 Å². The van der Waals surface area contributed by atoms with Gasteiger partial charge in [0.25, 0.3) is 0 Å². The molecule has 2 saturated heterocycles. The van der Waals surface area contributed by atoms with E-state index in [0.29, 0.717) is 39.1 Å². The summed E-state index contributed by atoms with van der Waals surface area (Å²) in [5.74, 6) is 1.61. The smallest absolute Gasteiger partial charge is 0.224 e. The summed E-state index contributed by atoms with van der Waals surface area (Å²) in [7, 11) is 0. The van der Waals surface area contributed by atoms with Gasteiger partial charge in [-0.05, 0) is 25.5 Å². The standard InChI is InChI=1S/C17H25N3O4/c1-12-2-4-15(24-12)14(20-6-8-23-9-7-20)11-19-17(22)13-3-5-16(21)18-10-13/h2,4,13-14H,3,5-11H2,1H3,(H,18,21)(H,19,22). The van der Waals surface area contributed by atoms with Crippen molar-refractivity contribution < 1.29 is 18.7 Å². The summed E-state index contributed by atoms with van der Waals surface area (Å²) in [6.45, 7) is 5.86. The summed E-state index contributed by atoms with van der Waals surface area (Å²) in [4.78, 5) is 25.9. The summed E-state index contributed by atoms with van der Waals surface area (Å²) in [5, 5.41) is 5.79. The highest BCUT2D eigenvalue weighted by atomic mass is 16.5. The molecule has 0 bridgehead atoms. The predicted molar refractivity (Wildman–Crippen MR) is 87.3 cm³/mol. The Morgan fingerprint density at radius 3 is 2.83 bits per heavy atom. The first-order valence-corrected chi connectivity index (χ1v) is 8.56. The number of carbonyl (C=O) groups is 2. The highest BCUT2D eigenvalue weighted by molar-refractivity contribution is 5.83. The predicted octanol–water partition coefficient (Wildman–Crippen LogP) is 0.604. The molecule has 0 spiro atoms. The Kier molecular flexibility index (Phi) is 5.52. The molecule has 2 aliphatic heterocycles. The van der Waals surface area contributed by atoms with Crippen LogP contribution in [0, 0.1) is 12.8 Å². The van der Waals surface area contributed by atoms with Crippen LogP contribution in [0.5, 0.6) is 0 Å². The van der Waals surface area contributed by atoms with E-state index in [1.54, 1.807) is 0 Å². The quantitative estimate of drug-likeness (QED) is 0.823. The number of furan rings is 1. The van der Waals surface area contributed by atoms with Crippen LogP contribution in [-0.4, -0.2) is 56.1 Å². The number of carbonyl (C=O) groups excluding carboxylic acids is 2. The van der Waals surface area contributed by atoms with Crippen LogP contribution in [0.25, 0.3) is 0 Å². The zero-order valence-electron chi connectivity index (χ0n) is 14.0. The van der Waals surface area contributed by atoms with Crippen molar-refractivity contribution in [1.82, 2.24) is 15.5 Å². The number of amides is 2. The molecule has 0 radical (unpaired) electrons. The lowest BCUT2D eigenvalue weighted by molar-refractivity contribution is -0.129. The van der Waals surface area contributed by atoms with E-state index in [0.717, 1.165) is 24.6 Å². The van der Waals surface area contributed by atoms with E-state index in [4.69, 9.17) is 9.15 Å². The molecule has 2 unspecified atom stereocenters. The number of ether oxygens (including phenoxy) is 1. The number of nitrogens with one attached hydrogen (secondary N) is 2. The molecule has 24 heavy (non-hydrogen) atoms. The second-order valence-corrected chi connectivity index (χ2v) is 6.40. The minimum absolute atomic E-state index is 0.00321. The van der Waals surface area contributed by atoms with Gasteiger partial charge in [-0.3, -0.25) is 14.5 Å². The molecule has 2 aliphatic rings. The summed E-state index contributed by atoms with van der Waals surface area (Å²) in [6.07, 6.45) is 1.03. The third kappa shape index (κ3) is 4.15. The Bertz CT molecular complexity index is 570. The zero-order chi connectivity index (χ0) is 16.9. The van der Waals surface area contributed by atoms with Crippen LogP contribution in [0.2, 0.25) is 0 Å². The van der Waals surface area contributed by atoms with Gasteiger partial charge in [-0.25, -0.2) is 0 Å². The molecular formula is C17H25N3O4. The van der Waals surface area contributed by atoms with Crippen LogP contribution < -0.4 is 10.6 Å². The molecule has 1 aromatic heterocycles. The van der Waals surface area contributed by atoms with Crippen molar-refractivity contribution in [2.24, 2.45) is 5.92 Å². The zero-order valence-corrected chi connectivity index (χ0v) is 14.0. The van der Waals surface area contributed by atoms with Crippen LogP contribution in [-0.2, 0) is 14.3 Å². The third-order valence-electron chi connectivity index (χ3n) is 4.68. The Balaban J connectivity index is 1.61. The van der Waals surface area contributed by atoms with Crippen LogP contribution in [0.1, 0.15) is 30.4 Å². The number of aryl methyl sites for hydroxylation is 1. The Morgan fingerprint density at radius 2 is 2.21 bits per heavy atom. The first-order chi connectivity index (χ1) is 11.6. The van der Waals surface area contributed by atoms with E-state index in [1.165, 1.54) is 0 Å².